The van der Waals surface area contributed by atoms with E-state index in [0.29, 0.717) is 64.0 Å². The van der Waals surface area contributed by atoms with Crippen molar-refractivity contribution in [3.63, 3.8) is 0 Å². The van der Waals surface area contributed by atoms with Crippen LogP contribution in [0.1, 0.15) is 15.9 Å². The number of primary amides is 1. The third-order valence-electron chi connectivity index (χ3n) is 6.30. The van der Waals surface area contributed by atoms with E-state index in [2.05, 4.69) is 15.0 Å². The third kappa shape index (κ3) is 5.46. The van der Waals surface area contributed by atoms with Crippen LogP contribution in [-0.2, 0) is 13.0 Å². The van der Waals surface area contributed by atoms with Gasteiger partial charge >= 0.3 is 6.01 Å². The van der Waals surface area contributed by atoms with E-state index in [-0.39, 0.29) is 11.8 Å². The first-order valence-electron chi connectivity index (χ1n) is 12.4. The maximum Gasteiger partial charge on any atom is 0.322 e. The number of imidazole rings is 1. The highest BCUT2D eigenvalue weighted by Crippen LogP contribution is 2.36. The summed E-state index contributed by atoms with van der Waals surface area (Å²) >= 11 is 0. The van der Waals surface area contributed by atoms with Crippen molar-refractivity contribution in [1.82, 2.24) is 19.5 Å². The number of para-hydroxylation sites is 1. The average molecular weight is 540 g/mol. The Morgan fingerprint density at radius 1 is 0.950 bits per heavy atom. The Balaban J connectivity index is 1.57. The van der Waals surface area contributed by atoms with Gasteiger partial charge in [0.1, 0.15) is 11.6 Å². The number of nitrogens with zero attached hydrogens (tertiary/aromatic N) is 4. The van der Waals surface area contributed by atoms with Crippen molar-refractivity contribution in [2.75, 3.05) is 14.2 Å². The molecule has 0 radical (unpaired) electrons. The summed E-state index contributed by atoms with van der Waals surface area (Å²) in [5, 5.41) is 0. The summed E-state index contributed by atoms with van der Waals surface area (Å²) in [5.41, 5.74) is 9.12. The van der Waals surface area contributed by atoms with Gasteiger partial charge in [0, 0.05) is 29.4 Å². The smallest absolute Gasteiger partial charge is 0.322 e. The molecule has 10 heteroatoms. The molecule has 9 nitrogen and oxygen atoms in total. The zero-order chi connectivity index (χ0) is 28.1. The second-order valence-corrected chi connectivity index (χ2v) is 8.72. The van der Waals surface area contributed by atoms with Crippen LogP contribution >= 0.6 is 0 Å². The number of amides is 1. The maximum absolute atomic E-state index is 13.7. The predicted octanol–water partition coefficient (Wildman–Crippen LogP) is 5.30. The van der Waals surface area contributed by atoms with Gasteiger partial charge < -0.3 is 24.5 Å². The summed E-state index contributed by atoms with van der Waals surface area (Å²) in [6.07, 6.45) is 3.64. The third-order valence-corrected chi connectivity index (χ3v) is 6.30. The van der Waals surface area contributed by atoms with Crippen LogP contribution in [0.15, 0.2) is 85.3 Å². The second kappa shape index (κ2) is 11.6. The second-order valence-electron chi connectivity index (χ2n) is 8.72. The molecule has 1 amide bonds. The molecule has 0 bridgehead atoms. The summed E-state index contributed by atoms with van der Waals surface area (Å²) in [7, 11) is 3.04. The van der Waals surface area contributed by atoms with Crippen LogP contribution in [0.5, 0.6) is 23.3 Å². The van der Waals surface area contributed by atoms with Crippen molar-refractivity contribution < 1.29 is 23.4 Å². The topological polar surface area (TPSA) is 114 Å². The first kappa shape index (κ1) is 26.4. The Kier molecular flexibility index (Phi) is 7.68. The quantitative estimate of drug-likeness (QED) is 0.256. The Hall–Kier alpha value is -5.25. The number of hydrogen-bond donors (Lipinski definition) is 1. The SMILES string of the molecule is COc1ccc(C(N)=O)c(CCn2cnc(-c3ccc(F)cc3)c2-c2ccnc(Oc3ccccc3)n2)c1OC. The Bertz CT molecular complexity index is 1640. The number of carbonyl (C=O) groups is 1. The summed E-state index contributed by atoms with van der Waals surface area (Å²) in [6, 6.07) is 20.5. The van der Waals surface area contributed by atoms with Crippen LogP contribution in [0.3, 0.4) is 0 Å². The van der Waals surface area contributed by atoms with Crippen molar-refractivity contribution in [2.45, 2.75) is 13.0 Å². The molecule has 202 valence electrons. The van der Waals surface area contributed by atoms with E-state index < -0.39 is 5.91 Å². The lowest BCUT2D eigenvalue weighted by Gasteiger charge is -2.17. The molecule has 2 heterocycles. The van der Waals surface area contributed by atoms with Crippen LogP contribution in [0.2, 0.25) is 0 Å². The van der Waals surface area contributed by atoms with E-state index in [1.807, 2.05) is 34.9 Å². The number of rotatable bonds is 10. The first-order chi connectivity index (χ1) is 19.5. The molecule has 0 saturated heterocycles. The lowest BCUT2D eigenvalue weighted by Crippen LogP contribution is -2.16. The summed E-state index contributed by atoms with van der Waals surface area (Å²) in [6.45, 7) is 0.381. The number of carbonyl (C=O) groups excluding carboxylic acids is 1. The van der Waals surface area contributed by atoms with Gasteiger partial charge in [-0.05, 0) is 61.0 Å². The highest BCUT2D eigenvalue weighted by atomic mass is 19.1. The number of aryl methyl sites for hydroxylation is 1. The Morgan fingerprint density at radius 2 is 1.73 bits per heavy atom. The number of benzene rings is 3. The van der Waals surface area contributed by atoms with Gasteiger partial charge in [0.05, 0.1) is 37.6 Å². The van der Waals surface area contributed by atoms with Gasteiger partial charge in [-0.3, -0.25) is 4.79 Å². The molecule has 0 saturated carbocycles. The van der Waals surface area contributed by atoms with Gasteiger partial charge in [-0.1, -0.05) is 18.2 Å². The predicted molar refractivity (Wildman–Crippen MR) is 147 cm³/mol. The molecule has 2 N–H and O–H groups in total. The van der Waals surface area contributed by atoms with E-state index in [9.17, 15) is 9.18 Å². The van der Waals surface area contributed by atoms with Crippen LogP contribution < -0.4 is 19.9 Å². The van der Waals surface area contributed by atoms with Crippen molar-refractivity contribution in [3.8, 4) is 45.9 Å². The Morgan fingerprint density at radius 3 is 2.42 bits per heavy atom. The molecular formula is C30H26FN5O4. The van der Waals surface area contributed by atoms with Crippen molar-refractivity contribution in [1.29, 1.82) is 0 Å². The Labute approximate surface area is 230 Å². The summed E-state index contributed by atoms with van der Waals surface area (Å²) < 4.78 is 32.5. The number of nitrogens with two attached hydrogens (primary N) is 1. The monoisotopic (exact) mass is 539 g/mol. The summed E-state index contributed by atoms with van der Waals surface area (Å²) in [5.74, 6) is 0.580. The molecule has 0 aliphatic rings. The largest absolute Gasteiger partial charge is 0.493 e. The normalized spacial score (nSPS) is 10.8. The minimum Gasteiger partial charge on any atom is -0.493 e. The number of ether oxygens (including phenoxy) is 3. The van der Waals surface area contributed by atoms with Gasteiger partial charge in [0.15, 0.2) is 11.5 Å². The molecule has 5 aromatic rings. The van der Waals surface area contributed by atoms with Gasteiger partial charge in [-0.25, -0.2) is 14.4 Å². The molecule has 0 atom stereocenters. The van der Waals surface area contributed by atoms with Gasteiger partial charge in [0.2, 0.25) is 5.91 Å². The van der Waals surface area contributed by atoms with Crippen molar-refractivity contribution >= 4 is 5.91 Å². The number of methoxy groups -OCH3 is 2. The molecule has 3 aromatic carbocycles. The van der Waals surface area contributed by atoms with Crippen LogP contribution in [0, 0.1) is 5.82 Å². The fourth-order valence-corrected chi connectivity index (χ4v) is 4.46. The van der Waals surface area contributed by atoms with Crippen molar-refractivity contribution in [3.05, 3.63) is 102 Å². The molecule has 2 aromatic heterocycles. The van der Waals surface area contributed by atoms with E-state index in [4.69, 9.17) is 19.9 Å². The van der Waals surface area contributed by atoms with Gasteiger partial charge in [-0.2, -0.15) is 4.98 Å². The van der Waals surface area contributed by atoms with Crippen molar-refractivity contribution in [2.24, 2.45) is 5.73 Å². The minimum atomic E-state index is -0.577. The minimum absolute atomic E-state index is 0.159. The molecule has 0 aliphatic carbocycles. The highest BCUT2D eigenvalue weighted by Gasteiger charge is 2.21. The molecular weight excluding hydrogens is 513 g/mol. The number of hydrogen-bond acceptors (Lipinski definition) is 7. The van der Waals surface area contributed by atoms with E-state index in [0.717, 1.165) is 0 Å². The molecule has 40 heavy (non-hydrogen) atoms. The lowest BCUT2D eigenvalue weighted by atomic mass is 10.0. The maximum atomic E-state index is 13.7. The molecule has 0 spiro atoms. The van der Waals surface area contributed by atoms with Gasteiger partial charge in [0.25, 0.3) is 0 Å². The van der Waals surface area contributed by atoms with Crippen LogP contribution in [0.4, 0.5) is 4.39 Å². The van der Waals surface area contributed by atoms with E-state index in [1.54, 1.807) is 42.9 Å². The zero-order valence-corrected chi connectivity index (χ0v) is 21.9. The fourth-order valence-electron chi connectivity index (χ4n) is 4.46. The lowest BCUT2D eigenvalue weighted by molar-refractivity contribution is 0.0999. The van der Waals surface area contributed by atoms with E-state index in [1.165, 1.54) is 26.4 Å². The average Bonchev–Trinajstić information content (AvgIpc) is 3.40. The van der Waals surface area contributed by atoms with Crippen LogP contribution in [0.25, 0.3) is 22.6 Å². The highest BCUT2D eigenvalue weighted by molar-refractivity contribution is 5.95. The molecule has 5 rings (SSSR count). The number of halogens is 1. The number of aromatic nitrogens is 4. The molecule has 0 unspecified atom stereocenters. The van der Waals surface area contributed by atoms with Gasteiger partial charge in [-0.15, -0.1) is 0 Å². The molecule has 0 aliphatic heterocycles. The standard InChI is InChI=1S/C30H26FN5O4/c1-38-25-13-12-23(29(32)37)22(28(25)39-2)15-17-36-18-34-26(19-8-10-20(31)11-9-19)27(36)24-14-16-33-30(35-24)40-21-6-4-3-5-7-21/h3-14,16,18H,15,17H2,1-2H3,(H2,32,37). The fraction of sp³-hybridized carbons (Fsp3) is 0.133. The summed E-state index contributed by atoms with van der Waals surface area (Å²) in [4.78, 5) is 25.8. The molecule has 0 fully saturated rings. The zero-order valence-electron chi connectivity index (χ0n) is 21.9. The van der Waals surface area contributed by atoms with E-state index >= 15 is 0 Å². The first-order valence-corrected chi connectivity index (χ1v) is 12.4. The van der Waals surface area contributed by atoms with Crippen LogP contribution in [-0.4, -0.2) is 39.6 Å².